The molecule has 18 heteroatoms. The first-order chi connectivity index (χ1) is 24.5. The molecule has 0 radical (unpaired) electrons. The van der Waals surface area contributed by atoms with Crippen molar-refractivity contribution >= 4 is 45.3 Å². The van der Waals surface area contributed by atoms with Gasteiger partial charge >= 0.3 is 5.97 Å². The Morgan fingerprint density at radius 2 is 1.18 bits per heavy atom. The van der Waals surface area contributed by atoms with E-state index in [1.165, 1.54) is 0 Å². The molecule has 1 aliphatic rings. The Morgan fingerprint density at radius 3 is 1.64 bits per heavy atom. The fourth-order valence-corrected chi connectivity index (χ4v) is 5.77. The van der Waals surface area contributed by atoms with Gasteiger partial charge in [-0.1, -0.05) is 23.8 Å². The van der Waals surface area contributed by atoms with Gasteiger partial charge in [0.25, 0.3) is 11.8 Å². The lowest BCUT2D eigenvalue weighted by Crippen LogP contribution is -2.32. The smallest absolute Gasteiger partial charge is 0.335 e. The standard InChI is InChI=1S/C32H51N3O13S2/c1-27(49-50-29-4-2-3-8-34-29)26-28(36)33-9-11-41-13-15-43-17-19-45-21-23-47-25-24-46-22-20-44-18-16-42-14-12-40-10-7-32(39)48-35-30(37)5-6-31(35)38/h2-4,8,27H,5-7,9-26H2,1H3,(H,33,36). The first-order valence-corrected chi connectivity index (χ1v) is 18.9. The lowest BCUT2D eigenvalue weighted by Gasteiger charge is -2.12. The summed E-state index contributed by atoms with van der Waals surface area (Å²) in [5.41, 5.74) is 0. The van der Waals surface area contributed by atoms with Crippen molar-refractivity contribution in [2.75, 3.05) is 112 Å². The number of amides is 3. The van der Waals surface area contributed by atoms with E-state index >= 15 is 0 Å². The molecule has 1 N–H and O–H groups in total. The Bertz CT molecular complexity index is 1050. The lowest BCUT2D eigenvalue weighted by atomic mass is 10.3. The van der Waals surface area contributed by atoms with Gasteiger partial charge in [-0.3, -0.25) is 14.4 Å². The summed E-state index contributed by atoms with van der Waals surface area (Å²) in [6.45, 7) is 8.93. The van der Waals surface area contributed by atoms with Crippen molar-refractivity contribution in [2.24, 2.45) is 0 Å². The minimum absolute atomic E-state index is 0.00278. The summed E-state index contributed by atoms with van der Waals surface area (Å²) in [5.74, 6) is -1.72. The van der Waals surface area contributed by atoms with Gasteiger partial charge in [0.2, 0.25) is 5.91 Å². The number of nitrogens with zero attached hydrogens (tertiary/aromatic N) is 2. The Balaban J connectivity index is 1.19. The molecule has 3 amide bonds. The molecule has 0 spiro atoms. The van der Waals surface area contributed by atoms with Crippen molar-refractivity contribution in [3.8, 4) is 0 Å². The average Bonchev–Trinajstić information content (AvgIpc) is 3.42. The SMILES string of the molecule is CC(CC(=O)NCCOCCOCCOCCOCCOCCOCCOCCOCCC(=O)ON1C(=O)CCC1=O)SSc1ccccn1. The van der Waals surface area contributed by atoms with Crippen molar-refractivity contribution in [1.29, 1.82) is 0 Å². The van der Waals surface area contributed by atoms with E-state index < -0.39 is 17.8 Å². The molecule has 16 nitrogen and oxygen atoms in total. The molecule has 2 heterocycles. The van der Waals surface area contributed by atoms with E-state index in [0.29, 0.717) is 111 Å². The summed E-state index contributed by atoms with van der Waals surface area (Å²) in [6, 6.07) is 5.77. The maximum atomic E-state index is 12.1. The first-order valence-electron chi connectivity index (χ1n) is 16.6. The molecule has 0 saturated carbocycles. The largest absolute Gasteiger partial charge is 0.378 e. The predicted molar refractivity (Wildman–Crippen MR) is 183 cm³/mol. The maximum Gasteiger partial charge on any atom is 0.335 e. The Labute approximate surface area is 301 Å². The number of imide groups is 1. The van der Waals surface area contributed by atoms with E-state index in [9.17, 15) is 19.2 Å². The summed E-state index contributed by atoms with van der Waals surface area (Å²) in [6.07, 6.45) is 2.23. The van der Waals surface area contributed by atoms with Crippen LogP contribution in [0.15, 0.2) is 29.4 Å². The lowest BCUT2D eigenvalue weighted by molar-refractivity contribution is -0.198. The van der Waals surface area contributed by atoms with E-state index in [-0.39, 0.29) is 43.6 Å². The van der Waals surface area contributed by atoms with Crippen LogP contribution in [0.5, 0.6) is 0 Å². The summed E-state index contributed by atoms with van der Waals surface area (Å²) < 4.78 is 43.4. The Hall–Kier alpha value is -2.39. The average molecular weight is 750 g/mol. The number of hydroxylamine groups is 2. The fourth-order valence-electron chi connectivity index (χ4n) is 3.76. The molecule has 1 atom stereocenters. The Morgan fingerprint density at radius 1 is 0.720 bits per heavy atom. The predicted octanol–water partition coefficient (Wildman–Crippen LogP) is 1.85. The first kappa shape index (κ1) is 43.8. The molecule has 0 aliphatic carbocycles. The van der Waals surface area contributed by atoms with Crippen molar-refractivity contribution < 1.29 is 61.9 Å². The van der Waals surface area contributed by atoms with Crippen molar-refractivity contribution in [3.05, 3.63) is 24.4 Å². The third-order valence-corrected chi connectivity index (χ3v) is 9.02. The van der Waals surface area contributed by atoms with Crippen LogP contribution in [0.3, 0.4) is 0 Å². The van der Waals surface area contributed by atoms with Gasteiger partial charge in [0.15, 0.2) is 0 Å². The van der Waals surface area contributed by atoms with Crippen LogP contribution >= 0.6 is 21.6 Å². The third-order valence-electron chi connectivity index (χ3n) is 6.23. The number of hydrogen-bond donors (Lipinski definition) is 1. The topological polar surface area (TPSA) is 180 Å². The number of hydrogen-bond acceptors (Lipinski definition) is 16. The zero-order chi connectivity index (χ0) is 35.9. The van der Waals surface area contributed by atoms with Crippen LogP contribution in [0.25, 0.3) is 0 Å². The second kappa shape index (κ2) is 30.3. The van der Waals surface area contributed by atoms with Gasteiger partial charge < -0.3 is 48.0 Å². The van der Waals surface area contributed by atoms with Gasteiger partial charge in [0.05, 0.1) is 112 Å². The summed E-state index contributed by atoms with van der Waals surface area (Å²) in [7, 11) is 3.20. The minimum atomic E-state index is -0.701. The van der Waals surface area contributed by atoms with E-state index in [1.54, 1.807) is 27.8 Å². The van der Waals surface area contributed by atoms with E-state index in [0.717, 1.165) is 5.03 Å². The summed E-state index contributed by atoms with van der Waals surface area (Å²) >= 11 is 0. The van der Waals surface area contributed by atoms with Crippen LogP contribution in [-0.2, 0) is 61.9 Å². The number of carbonyl (C=O) groups is 4. The number of rotatable bonds is 33. The van der Waals surface area contributed by atoms with Crippen LogP contribution in [0, 0.1) is 0 Å². The molecule has 1 fully saturated rings. The van der Waals surface area contributed by atoms with Gasteiger partial charge in [-0.15, -0.1) is 5.06 Å². The van der Waals surface area contributed by atoms with Gasteiger partial charge in [-0.2, -0.15) is 0 Å². The molecule has 2 rings (SSSR count). The molecular formula is C32H51N3O13S2. The maximum absolute atomic E-state index is 12.1. The van der Waals surface area contributed by atoms with Gasteiger partial charge in [-0.25, -0.2) is 9.78 Å². The molecule has 1 aromatic rings. The summed E-state index contributed by atoms with van der Waals surface area (Å²) in [4.78, 5) is 55.5. The number of pyridine rings is 1. The molecule has 50 heavy (non-hydrogen) atoms. The number of carbonyl (C=O) groups excluding carboxylic acids is 4. The van der Waals surface area contributed by atoms with Crippen molar-refractivity contribution in [3.63, 3.8) is 0 Å². The molecule has 0 bridgehead atoms. The Kier molecular flexibility index (Phi) is 26.5. The normalized spacial score (nSPS) is 13.6. The second-order valence-corrected chi connectivity index (χ2v) is 13.1. The highest BCUT2D eigenvalue weighted by Gasteiger charge is 2.32. The fraction of sp³-hybridized carbons (Fsp3) is 0.719. The molecule has 0 aromatic carbocycles. The van der Waals surface area contributed by atoms with Gasteiger partial charge in [-0.05, 0) is 22.9 Å². The zero-order valence-electron chi connectivity index (χ0n) is 28.8. The quantitative estimate of drug-likeness (QED) is 0.0625. The molecule has 1 unspecified atom stereocenters. The molecule has 1 aromatic heterocycles. The van der Waals surface area contributed by atoms with Crippen LogP contribution in [0.4, 0.5) is 0 Å². The van der Waals surface area contributed by atoms with Crippen LogP contribution in [0.2, 0.25) is 0 Å². The molecule has 1 saturated heterocycles. The van der Waals surface area contributed by atoms with Crippen molar-refractivity contribution in [1.82, 2.24) is 15.4 Å². The van der Waals surface area contributed by atoms with Crippen LogP contribution < -0.4 is 5.32 Å². The highest BCUT2D eigenvalue weighted by molar-refractivity contribution is 8.76. The van der Waals surface area contributed by atoms with Crippen LogP contribution in [0.1, 0.15) is 32.6 Å². The van der Waals surface area contributed by atoms with Crippen molar-refractivity contribution in [2.45, 2.75) is 42.9 Å². The monoisotopic (exact) mass is 749 g/mol. The van der Waals surface area contributed by atoms with E-state index in [1.807, 2.05) is 25.1 Å². The summed E-state index contributed by atoms with van der Waals surface area (Å²) in [5, 5.41) is 4.49. The molecular weight excluding hydrogens is 698 g/mol. The molecule has 284 valence electrons. The minimum Gasteiger partial charge on any atom is -0.378 e. The van der Waals surface area contributed by atoms with Crippen LogP contribution in [-0.4, -0.2) is 151 Å². The highest BCUT2D eigenvalue weighted by Crippen LogP contribution is 2.34. The molecule has 1 aliphatic heterocycles. The third kappa shape index (κ3) is 23.9. The second-order valence-electron chi connectivity index (χ2n) is 10.4. The van der Waals surface area contributed by atoms with Gasteiger partial charge in [0.1, 0.15) is 5.03 Å². The van der Waals surface area contributed by atoms with E-state index in [2.05, 4.69) is 10.3 Å². The number of nitrogens with one attached hydrogen (secondary N) is 1. The van der Waals surface area contributed by atoms with E-state index in [4.69, 9.17) is 42.7 Å². The number of ether oxygens (including phenoxy) is 8. The van der Waals surface area contributed by atoms with Gasteiger partial charge in [0, 0.05) is 37.3 Å². The zero-order valence-corrected chi connectivity index (χ0v) is 30.4. The number of aromatic nitrogens is 1. The highest BCUT2D eigenvalue weighted by atomic mass is 33.1.